The molecule has 2 rings (SSSR count). The lowest BCUT2D eigenvalue weighted by Crippen LogP contribution is -2.15. The third kappa shape index (κ3) is 5.60. The summed E-state index contributed by atoms with van der Waals surface area (Å²) in [6.07, 6.45) is 10.1. The Morgan fingerprint density at radius 1 is 1.09 bits per heavy atom. The Bertz CT molecular complexity index is 519. The number of hydrogen-bond acceptors (Lipinski definition) is 1. The second-order valence-corrected chi connectivity index (χ2v) is 6.29. The van der Waals surface area contributed by atoms with Crippen LogP contribution in [0.5, 0.6) is 0 Å². The van der Waals surface area contributed by atoms with Crippen molar-refractivity contribution >= 4 is 0 Å². The second-order valence-electron chi connectivity index (χ2n) is 6.29. The van der Waals surface area contributed by atoms with Crippen molar-refractivity contribution in [3.63, 3.8) is 0 Å². The summed E-state index contributed by atoms with van der Waals surface area (Å²) in [7, 11) is 0. The summed E-state index contributed by atoms with van der Waals surface area (Å²) in [5.74, 6) is 0.594. The lowest BCUT2D eigenvalue weighted by molar-refractivity contribution is 0.254. The molecule has 0 radical (unpaired) electrons. The van der Waals surface area contributed by atoms with Crippen LogP contribution in [-0.4, -0.2) is 0 Å². The molecule has 0 aromatic heterocycles. The van der Waals surface area contributed by atoms with E-state index in [0.717, 1.165) is 18.8 Å². The molecule has 1 aliphatic carbocycles. The number of halogens is 2. The summed E-state index contributed by atoms with van der Waals surface area (Å²) in [6, 6.07) is 8.32. The average molecular weight is 303 g/mol. The zero-order valence-corrected chi connectivity index (χ0v) is 12.9. The van der Waals surface area contributed by atoms with Crippen molar-refractivity contribution in [3.05, 3.63) is 47.5 Å². The first kappa shape index (κ1) is 16.7. The molecule has 22 heavy (non-hydrogen) atoms. The summed E-state index contributed by atoms with van der Waals surface area (Å²) in [6.45, 7) is 0. The van der Waals surface area contributed by atoms with Crippen LogP contribution in [0.2, 0.25) is 0 Å². The molecule has 1 nitrogen and oxygen atoms in total. The van der Waals surface area contributed by atoms with Crippen molar-refractivity contribution in [2.45, 2.75) is 51.4 Å². The molecule has 0 unspecified atom stereocenters. The van der Waals surface area contributed by atoms with Crippen LogP contribution < -0.4 is 0 Å². The number of allylic oxidation sites excluding steroid dienone is 2. The third-order valence-corrected chi connectivity index (χ3v) is 4.73. The molecular formula is C19H23F2N. The number of aryl methyl sites for hydroxylation is 1. The predicted octanol–water partition coefficient (Wildman–Crippen LogP) is 5.72. The van der Waals surface area contributed by atoms with Crippen molar-refractivity contribution in [1.82, 2.24) is 0 Å². The van der Waals surface area contributed by atoms with E-state index < -0.39 is 5.83 Å². The Labute approximate surface area is 131 Å². The summed E-state index contributed by atoms with van der Waals surface area (Å²) < 4.78 is 25.6. The van der Waals surface area contributed by atoms with E-state index in [1.54, 1.807) is 0 Å². The van der Waals surface area contributed by atoms with Crippen LogP contribution >= 0.6 is 0 Å². The van der Waals surface area contributed by atoms with Crippen molar-refractivity contribution < 1.29 is 8.78 Å². The fourth-order valence-corrected chi connectivity index (χ4v) is 3.32. The van der Waals surface area contributed by atoms with Gasteiger partial charge >= 0.3 is 0 Å². The fraction of sp³-hybridized carbons (Fsp3) is 0.526. The maximum absolute atomic E-state index is 12.9. The molecule has 1 aromatic carbocycles. The van der Waals surface area contributed by atoms with E-state index in [9.17, 15) is 8.78 Å². The summed E-state index contributed by atoms with van der Waals surface area (Å²) in [4.78, 5) is 0. The van der Waals surface area contributed by atoms with Gasteiger partial charge in [-0.1, -0.05) is 37.8 Å². The molecule has 1 saturated carbocycles. The molecular weight excluding hydrogens is 280 g/mol. The second kappa shape index (κ2) is 8.68. The molecule has 0 amide bonds. The van der Waals surface area contributed by atoms with E-state index >= 15 is 0 Å². The lowest BCUT2D eigenvalue weighted by atomic mass is 9.78. The number of benzene rings is 1. The van der Waals surface area contributed by atoms with Gasteiger partial charge in [-0.25, -0.2) is 4.39 Å². The molecule has 0 heterocycles. The first-order chi connectivity index (χ1) is 10.7. The number of nitriles is 1. The minimum atomic E-state index is -0.659. The largest absolute Gasteiger partial charge is 0.207 e. The van der Waals surface area contributed by atoms with Gasteiger partial charge in [0.25, 0.3) is 0 Å². The molecule has 0 spiro atoms. The van der Waals surface area contributed by atoms with Gasteiger partial charge in [0.2, 0.25) is 0 Å². The molecule has 0 N–H and O–H groups in total. The zero-order valence-electron chi connectivity index (χ0n) is 12.9. The maximum atomic E-state index is 12.9. The van der Waals surface area contributed by atoms with Gasteiger partial charge < -0.3 is 0 Å². The molecule has 1 fully saturated rings. The van der Waals surface area contributed by atoms with Gasteiger partial charge in [0.05, 0.1) is 0 Å². The van der Waals surface area contributed by atoms with Gasteiger partial charge in [0, 0.05) is 0 Å². The van der Waals surface area contributed by atoms with Gasteiger partial charge in [0.15, 0.2) is 5.83 Å². The van der Waals surface area contributed by atoms with Crippen LogP contribution in [-0.2, 0) is 6.42 Å². The highest BCUT2D eigenvalue weighted by Gasteiger charge is 2.20. The van der Waals surface area contributed by atoms with E-state index in [4.69, 9.17) is 5.26 Å². The highest BCUT2D eigenvalue weighted by Crippen LogP contribution is 2.34. The monoisotopic (exact) mass is 303 g/mol. The summed E-state index contributed by atoms with van der Waals surface area (Å²) in [5.41, 5.74) is 1.21. The number of rotatable bonds is 6. The SMILES string of the molecule is N#CC(F)=CCC[C@H]1CC[C@H](CCc2ccc(F)cc2)CC1. The van der Waals surface area contributed by atoms with Crippen LogP contribution in [0.15, 0.2) is 36.2 Å². The van der Waals surface area contributed by atoms with Gasteiger partial charge in [-0.15, -0.1) is 0 Å². The minimum absolute atomic E-state index is 0.175. The van der Waals surface area contributed by atoms with Crippen molar-refractivity contribution in [2.75, 3.05) is 0 Å². The molecule has 1 aromatic rings. The Kier molecular flexibility index (Phi) is 6.58. The summed E-state index contributed by atoms with van der Waals surface area (Å²) in [5, 5.41) is 8.36. The molecule has 0 bridgehead atoms. The topological polar surface area (TPSA) is 23.8 Å². The smallest absolute Gasteiger partial charge is 0.196 e. The van der Waals surface area contributed by atoms with Crippen molar-refractivity contribution in [3.8, 4) is 6.07 Å². The first-order valence-electron chi connectivity index (χ1n) is 8.17. The minimum Gasteiger partial charge on any atom is -0.207 e. The highest BCUT2D eigenvalue weighted by molar-refractivity contribution is 5.16. The number of hydrogen-bond donors (Lipinski definition) is 0. The van der Waals surface area contributed by atoms with Crippen molar-refractivity contribution in [2.24, 2.45) is 11.8 Å². The zero-order chi connectivity index (χ0) is 15.8. The Balaban J connectivity index is 1.65. The molecule has 0 atom stereocenters. The maximum Gasteiger partial charge on any atom is 0.196 e. The molecule has 3 heteroatoms. The quantitative estimate of drug-likeness (QED) is 0.616. The molecule has 0 aliphatic heterocycles. The van der Waals surface area contributed by atoms with E-state index in [0.29, 0.717) is 12.3 Å². The van der Waals surface area contributed by atoms with Gasteiger partial charge in [-0.2, -0.15) is 9.65 Å². The van der Waals surface area contributed by atoms with E-state index in [-0.39, 0.29) is 5.82 Å². The fourth-order valence-electron chi connectivity index (χ4n) is 3.32. The van der Waals surface area contributed by atoms with Crippen LogP contribution in [0.25, 0.3) is 0 Å². The van der Waals surface area contributed by atoms with E-state index in [2.05, 4.69) is 0 Å². The average Bonchev–Trinajstić information content (AvgIpc) is 2.55. The Hall–Kier alpha value is -1.69. The van der Waals surface area contributed by atoms with Gasteiger partial charge in [-0.3, -0.25) is 0 Å². The number of nitrogens with zero attached hydrogens (tertiary/aromatic N) is 1. The van der Waals surface area contributed by atoms with Gasteiger partial charge in [-0.05, 0) is 61.3 Å². The highest BCUT2D eigenvalue weighted by atomic mass is 19.1. The van der Waals surface area contributed by atoms with E-state index in [1.165, 1.54) is 61.9 Å². The Morgan fingerprint density at radius 2 is 1.68 bits per heavy atom. The summed E-state index contributed by atoms with van der Waals surface area (Å²) >= 11 is 0. The van der Waals surface area contributed by atoms with Crippen LogP contribution in [0, 0.1) is 29.0 Å². The molecule has 1 aliphatic rings. The normalized spacial score (nSPS) is 22.3. The van der Waals surface area contributed by atoms with E-state index in [1.807, 2.05) is 12.1 Å². The predicted molar refractivity (Wildman–Crippen MR) is 84.2 cm³/mol. The lowest BCUT2D eigenvalue weighted by Gasteiger charge is -2.28. The molecule has 118 valence electrons. The first-order valence-corrected chi connectivity index (χ1v) is 8.17. The Morgan fingerprint density at radius 3 is 2.27 bits per heavy atom. The van der Waals surface area contributed by atoms with Crippen LogP contribution in [0.4, 0.5) is 8.78 Å². The van der Waals surface area contributed by atoms with Crippen LogP contribution in [0.1, 0.15) is 50.5 Å². The standard InChI is InChI=1S/C19H23F2N/c20-18-12-10-17(11-13-18)9-8-16-6-4-15(5-7-16)2-1-3-19(21)14-22/h3,10-13,15-16H,1-2,4-9H2/t15-,16-. The molecule has 0 saturated heterocycles. The van der Waals surface area contributed by atoms with Gasteiger partial charge in [0.1, 0.15) is 11.9 Å². The van der Waals surface area contributed by atoms with Crippen molar-refractivity contribution in [1.29, 1.82) is 5.26 Å². The van der Waals surface area contributed by atoms with Crippen LogP contribution in [0.3, 0.4) is 0 Å². The third-order valence-electron chi connectivity index (χ3n) is 4.73.